The third-order valence-corrected chi connectivity index (χ3v) is 5.04. The number of non-ortho nitro benzene ring substituents is 1. The normalized spacial score (nSPS) is 11.5. The van der Waals surface area contributed by atoms with Gasteiger partial charge in [-0.2, -0.15) is 0 Å². The fourth-order valence-corrected chi connectivity index (χ4v) is 3.03. The van der Waals surface area contributed by atoms with Gasteiger partial charge in [-0.05, 0) is 24.3 Å². The van der Waals surface area contributed by atoms with Crippen LogP contribution in [-0.4, -0.2) is 36.2 Å². The predicted molar refractivity (Wildman–Crippen MR) is 80.9 cm³/mol. The molecule has 0 spiro atoms. The second kappa shape index (κ2) is 6.63. The van der Waals surface area contributed by atoms with Crippen LogP contribution in [0.5, 0.6) is 0 Å². The average molecular weight is 321 g/mol. The fraction of sp³-hybridized carbons (Fsp3) is 0.214. The van der Waals surface area contributed by atoms with Crippen LogP contribution in [0.4, 0.5) is 5.69 Å². The highest BCUT2D eigenvalue weighted by Crippen LogP contribution is 2.18. The van der Waals surface area contributed by atoms with Crippen molar-refractivity contribution in [2.24, 2.45) is 0 Å². The van der Waals surface area contributed by atoms with E-state index in [4.69, 9.17) is 0 Å². The van der Waals surface area contributed by atoms with Crippen LogP contribution in [0.25, 0.3) is 0 Å². The average Bonchev–Trinajstić information content (AvgIpc) is 2.53. The third kappa shape index (κ3) is 3.66. The molecule has 0 aliphatic rings. The highest BCUT2D eigenvalue weighted by atomic mass is 32.2. The summed E-state index contributed by atoms with van der Waals surface area (Å²) in [4.78, 5) is 14.2. The van der Waals surface area contributed by atoms with Gasteiger partial charge in [0.05, 0.1) is 9.82 Å². The van der Waals surface area contributed by atoms with Gasteiger partial charge in [0.25, 0.3) is 5.69 Å². The number of benzene rings is 1. The Morgan fingerprint density at radius 2 is 1.86 bits per heavy atom. The summed E-state index contributed by atoms with van der Waals surface area (Å²) in [5, 5.41) is 10.6. The molecule has 7 nitrogen and oxygen atoms in total. The minimum Gasteiger partial charge on any atom is -0.261 e. The van der Waals surface area contributed by atoms with Crippen molar-refractivity contribution in [2.45, 2.75) is 11.3 Å². The molecule has 2 rings (SSSR count). The zero-order valence-corrected chi connectivity index (χ0v) is 12.7. The van der Waals surface area contributed by atoms with E-state index in [0.717, 1.165) is 5.69 Å². The molecule has 0 atom stereocenters. The second-order valence-electron chi connectivity index (χ2n) is 4.65. The van der Waals surface area contributed by atoms with Crippen molar-refractivity contribution in [3.63, 3.8) is 0 Å². The van der Waals surface area contributed by atoms with E-state index in [1.165, 1.54) is 35.6 Å². The molecule has 2 aromatic rings. The van der Waals surface area contributed by atoms with E-state index in [1.807, 2.05) is 12.1 Å². The topological polar surface area (TPSA) is 93.4 Å². The number of rotatable bonds is 6. The summed E-state index contributed by atoms with van der Waals surface area (Å²) in [5.74, 6) is 0. The molecular formula is C14H15N3O4S. The van der Waals surface area contributed by atoms with Crippen LogP contribution in [0.2, 0.25) is 0 Å². The maximum atomic E-state index is 12.4. The number of nitro groups is 1. The number of nitro benzene ring substituents is 1. The van der Waals surface area contributed by atoms with E-state index in [9.17, 15) is 18.5 Å². The molecule has 0 amide bonds. The van der Waals surface area contributed by atoms with Gasteiger partial charge >= 0.3 is 0 Å². The Morgan fingerprint density at radius 3 is 2.41 bits per heavy atom. The van der Waals surface area contributed by atoms with Gasteiger partial charge in [0.1, 0.15) is 0 Å². The molecule has 1 aromatic heterocycles. The number of likely N-dealkylation sites (N-methyl/N-ethyl adjacent to an activating group) is 1. The first-order valence-corrected chi connectivity index (χ1v) is 7.96. The van der Waals surface area contributed by atoms with Gasteiger partial charge in [-0.15, -0.1) is 0 Å². The van der Waals surface area contributed by atoms with Gasteiger partial charge < -0.3 is 0 Å². The predicted octanol–water partition coefficient (Wildman–Crippen LogP) is 1.85. The zero-order chi connectivity index (χ0) is 16.2. The minimum atomic E-state index is -3.67. The maximum absolute atomic E-state index is 12.4. The first-order chi connectivity index (χ1) is 10.4. The zero-order valence-electron chi connectivity index (χ0n) is 11.9. The summed E-state index contributed by atoms with van der Waals surface area (Å²) in [6, 6.07) is 10.3. The molecule has 1 heterocycles. The Balaban J connectivity index is 2.10. The van der Waals surface area contributed by atoms with Crippen molar-refractivity contribution >= 4 is 15.7 Å². The molecule has 0 aliphatic carbocycles. The SMILES string of the molecule is CN(CCc1ccccn1)S(=O)(=O)c1ccc([N+](=O)[O-])cc1. The molecule has 0 aliphatic heterocycles. The van der Waals surface area contributed by atoms with Crippen molar-refractivity contribution in [1.29, 1.82) is 0 Å². The summed E-state index contributed by atoms with van der Waals surface area (Å²) in [6.07, 6.45) is 2.14. The van der Waals surface area contributed by atoms with Crippen LogP contribution in [-0.2, 0) is 16.4 Å². The van der Waals surface area contributed by atoms with Crippen LogP contribution in [0.3, 0.4) is 0 Å². The van der Waals surface area contributed by atoms with Crippen LogP contribution in [0.1, 0.15) is 5.69 Å². The molecule has 0 saturated heterocycles. The van der Waals surface area contributed by atoms with Crippen molar-refractivity contribution in [3.05, 3.63) is 64.5 Å². The van der Waals surface area contributed by atoms with Gasteiger partial charge in [0.15, 0.2) is 0 Å². The highest BCUT2D eigenvalue weighted by Gasteiger charge is 2.21. The Labute approximate surface area is 128 Å². The Hall–Kier alpha value is -2.32. The summed E-state index contributed by atoms with van der Waals surface area (Å²) in [7, 11) is -2.20. The lowest BCUT2D eigenvalue weighted by Gasteiger charge is -2.16. The van der Waals surface area contributed by atoms with Gasteiger partial charge in [-0.1, -0.05) is 6.07 Å². The lowest BCUT2D eigenvalue weighted by molar-refractivity contribution is -0.384. The van der Waals surface area contributed by atoms with E-state index >= 15 is 0 Å². The number of hydrogen-bond donors (Lipinski definition) is 0. The van der Waals surface area contributed by atoms with Crippen LogP contribution in [0, 0.1) is 10.1 Å². The molecule has 1 aromatic carbocycles. The van der Waals surface area contributed by atoms with E-state index in [-0.39, 0.29) is 17.1 Å². The van der Waals surface area contributed by atoms with Crippen molar-refractivity contribution in [2.75, 3.05) is 13.6 Å². The first-order valence-electron chi connectivity index (χ1n) is 6.52. The maximum Gasteiger partial charge on any atom is 0.269 e. The van der Waals surface area contributed by atoms with Crippen LogP contribution < -0.4 is 0 Å². The van der Waals surface area contributed by atoms with Gasteiger partial charge in [-0.25, -0.2) is 12.7 Å². The second-order valence-corrected chi connectivity index (χ2v) is 6.69. The molecule has 0 fully saturated rings. The Morgan fingerprint density at radius 1 is 1.18 bits per heavy atom. The summed E-state index contributed by atoms with van der Waals surface area (Å²) >= 11 is 0. The lowest BCUT2D eigenvalue weighted by atomic mass is 10.3. The molecule has 0 radical (unpaired) electrons. The van der Waals surface area contributed by atoms with E-state index < -0.39 is 14.9 Å². The number of sulfonamides is 1. The standard InChI is InChI=1S/C14H15N3O4S/c1-16(11-9-12-4-2-3-10-15-12)22(20,21)14-7-5-13(6-8-14)17(18)19/h2-8,10H,9,11H2,1H3. The summed E-state index contributed by atoms with van der Waals surface area (Å²) < 4.78 is 26.0. The molecule has 0 bridgehead atoms. The van der Waals surface area contributed by atoms with Crippen LogP contribution in [0.15, 0.2) is 53.6 Å². The smallest absolute Gasteiger partial charge is 0.261 e. The molecular weight excluding hydrogens is 306 g/mol. The Kier molecular flexibility index (Phi) is 4.84. The number of aromatic nitrogens is 1. The summed E-state index contributed by atoms with van der Waals surface area (Å²) in [5.41, 5.74) is 0.656. The molecule has 22 heavy (non-hydrogen) atoms. The lowest BCUT2D eigenvalue weighted by Crippen LogP contribution is -2.29. The van der Waals surface area contributed by atoms with E-state index in [2.05, 4.69) is 4.98 Å². The van der Waals surface area contributed by atoms with Crippen molar-refractivity contribution < 1.29 is 13.3 Å². The Bertz CT molecular complexity index is 745. The largest absolute Gasteiger partial charge is 0.269 e. The summed E-state index contributed by atoms with van der Waals surface area (Å²) in [6.45, 7) is 0.274. The van der Waals surface area contributed by atoms with Gasteiger partial charge in [0.2, 0.25) is 10.0 Å². The molecule has 0 unspecified atom stereocenters. The third-order valence-electron chi connectivity index (χ3n) is 3.16. The molecule has 0 N–H and O–H groups in total. The monoisotopic (exact) mass is 321 g/mol. The van der Waals surface area contributed by atoms with Crippen molar-refractivity contribution in [3.8, 4) is 0 Å². The van der Waals surface area contributed by atoms with E-state index in [0.29, 0.717) is 6.42 Å². The van der Waals surface area contributed by atoms with Crippen molar-refractivity contribution in [1.82, 2.24) is 9.29 Å². The quantitative estimate of drug-likeness (QED) is 0.598. The number of nitrogens with zero attached hydrogens (tertiary/aromatic N) is 3. The van der Waals surface area contributed by atoms with Crippen LogP contribution >= 0.6 is 0 Å². The van der Waals surface area contributed by atoms with Gasteiger partial charge in [0, 0.05) is 44.0 Å². The molecule has 116 valence electrons. The fourth-order valence-electron chi connectivity index (χ4n) is 1.86. The van der Waals surface area contributed by atoms with E-state index in [1.54, 1.807) is 12.3 Å². The molecule has 0 saturated carbocycles. The highest BCUT2D eigenvalue weighted by molar-refractivity contribution is 7.89. The number of hydrogen-bond acceptors (Lipinski definition) is 5. The minimum absolute atomic E-state index is 0.0293. The number of pyridine rings is 1. The van der Waals surface area contributed by atoms with Gasteiger partial charge in [-0.3, -0.25) is 15.1 Å². The first kappa shape index (κ1) is 16.1. The molecule has 8 heteroatoms.